The largest absolute Gasteiger partial charge is 0.320 e. The van der Waals surface area contributed by atoms with Crippen LogP contribution in [0.15, 0.2) is 51.4 Å². The predicted molar refractivity (Wildman–Crippen MR) is 93.0 cm³/mol. The molecule has 0 saturated carbocycles. The van der Waals surface area contributed by atoms with Crippen molar-refractivity contribution in [1.82, 2.24) is 0 Å². The van der Waals surface area contributed by atoms with E-state index in [4.69, 9.17) is 5.73 Å². The van der Waals surface area contributed by atoms with Gasteiger partial charge in [0.05, 0.1) is 6.04 Å². The van der Waals surface area contributed by atoms with E-state index in [1.807, 2.05) is 6.07 Å². The minimum absolute atomic E-state index is 0.113. The molecule has 2 N–H and O–H groups in total. The van der Waals surface area contributed by atoms with Gasteiger partial charge in [-0.25, -0.2) is 0 Å². The van der Waals surface area contributed by atoms with Gasteiger partial charge in [0.15, 0.2) is 0 Å². The molecule has 0 heterocycles. The van der Waals surface area contributed by atoms with Crippen LogP contribution in [0.4, 0.5) is 0 Å². The maximum Gasteiger partial charge on any atom is 0.0552 e. The fraction of sp³-hybridized carbons (Fsp3) is 0.294. The molecule has 0 saturated heterocycles. The molecule has 3 heteroatoms. The van der Waals surface area contributed by atoms with Crippen LogP contribution in [-0.2, 0) is 5.41 Å². The highest BCUT2D eigenvalue weighted by Crippen LogP contribution is 2.28. The first-order valence-corrected chi connectivity index (χ1v) is 8.18. The van der Waals surface area contributed by atoms with Crippen molar-refractivity contribution in [2.24, 2.45) is 5.73 Å². The van der Waals surface area contributed by atoms with Crippen LogP contribution in [0.1, 0.15) is 43.5 Å². The summed E-state index contributed by atoms with van der Waals surface area (Å²) in [6, 6.07) is 14.6. The minimum Gasteiger partial charge on any atom is -0.320 e. The molecular weight excluding hydrogens is 378 g/mol. The molecule has 0 aliphatic carbocycles. The molecule has 0 amide bonds. The van der Waals surface area contributed by atoms with Crippen molar-refractivity contribution in [3.8, 4) is 0 Å². The third-order valence-electron chi connectivity index (χ3n) is 3.38. The predicted octanol–water partition coefficient (Wildman–Crippen LogP) is 5.56. The molecule has 106 valence electrons. The molecule has 1 atom stereocenters. The van der Waals surface area contributed by atoms with Gasteiger partial charge < -0.3 is 5.73 Å². The summed E-state index contributed by atoms with van der Waals surface area (Å²) in [6.45, 7) is 6.65. The zero-order valence-electron chi connectivity index (χ0n) is 12.0. The van der Waals surface area contributed by atoms with Gasteiger partial charge in [0.25, 0.3) is 0 Å². The average molecular weight is 397 g/mol. The van der Waals surface area contributed by atoms with Crippen LogP contribution in [0.5, 0.6) is 0 Å². The fourth-order valence-corrected chi connectivity index (χ4v) is 3.47. The molecule has 0 bridgehead atoms. The first-order chi connectivity index (χ1) is 9.27. The van der Waals surface area contributed by atoms with E-state index in [0.29, 0.717) is 0 Å². The van der Waals surface area contributed by atoms with E-state index in [1.165, 1.54) is 5.56 Å². The second-order valence-corrected chi connectivity index (χ2v) is 7.88. The highest BCUT2D eigenvalue weighted by molar-refractivity contribution is 9.11. The quantitative estimate of drug-likeness (QED) is 0.706. The van der Waals surface area contributed by atoms with Crippen molar-refractivity contribution in [1.29, 1.82) is 0 Å². The molecule has 1 unspecified atom stereocenters. The molecule has 0 fully saturated rings. The van der Waals surface area contributed by atoms with Crippen LogP contribution in [0.3, 0.4) is 0 Å². The molecule has 1 nitrogen and oxygen atoms in total. The Bertz CT molecular complexity index is 577. The third-order valence-corrected chi connectivity index (χ3v) is 4.30. The molecule has 2 aromatic carbocycles. The Morgan fingerprint density at radius 3 is 1.80 bits per heavy atom. The van der Waals surface area contributed by atoms with Gasteiger partial charge >= 0.3 is 0 Å². The van der Waals surface area contributed by atoms with Gasteiger partial charge in [0.1, 0.15) is 0 Å². The smallest absolute Gasteiger partial charge is 0.0552 e. The van der Waals surface area contributed by atoms with Crippen LogP contribution >= 0.6 is 31.9 Å². The maximum absolute atomic E-state index is 6.37. The first-order valence-electron chi connectivity index (χ1n) is 6.59. The number of nitrogens with two attached hydrogens (primary N) is 1. The monoisotopic (exact) mass is 395 g/mol. The lowest BCUT2D eigenvalue weighted by Crippen LogP contribution is -2.14. The highest BCUT2D eigenvalue weighted by Gasteiger charge is 2.15. The Kier molecular flexibility index (Phi) is 4.73. The molecule has 0 aliphatic heterocycles. The molecule has 0 radical (unpaired) electrons. The van der Waals surface area contributed by atoms with Crippen molar-refractivity contribution in [3.05, 3.63) is 68.1 Å². The van der Waals surface area contributed by atoms with E-state index in [-0.39, 0.29) is 11.5 Å². The Hall–Kier alpha value is -0.640. The molecule has 2 aromatic rings. The van der Waals surface area contributed by atoms with E-state index < -0.39 is 0 Å². The lowest BCUT2D eigenvalue weighted by Gasteiger charge is -2.20. The summed E-state index contributed by atoms with van der Waals surface area (Å²) < 4.78 is 2.06. The molecule has 0 spiro atoms. The summed E-state index contributed by atoms with van der Waals surface area (Å²) in [5, 5.41) is 0. The summed E-state index contributed by atoms with van der Waals surface area (Å²) in [4.78, 5) is 0. The van der Waals surface area contributed by atoms with Crippen molar-refractivity contribution >= 4 is 31.9 Å². The van der Waals surface area contributed by atoms with Crippen molar-refractivity contribution < 1.29 is 0 Å². The minimum atomic E-state index is -0.113. The molecular formula is C17H19Br2N. The van der Waals surface area contributed by atoms with E-state index in [1.54, 1.807) is 0 Å². The van der Waals surface area contributed by atoms with E-state index >= 15 is 0 Å². The number of halogens is 2. The Morgan fingerprint density at radius 1 is 0.850 bits per heavy atom. The van der Waals surface area contributed by atoms with Crippen molar-refractivity contribution in [3.63, 3.8) is 0 Å². The first kappa shape index (κ1) is 15.7. The zero-order valence-corrected chi connectivity index (χ0v) is 15.1. The molecule has 2 rings (SSSR count). The Balaban J connectivity index is 2.31. The molecule has 0 aliphatic rings. The number of rotatable bonds is 2. The third kappa shape index (κ3) is 3.72. The normalized spacial score (nSPS) is 13.3. The lowest BCUT2D eigenvalue weighted by molar-refractivity contribution is 0.589. The van der Waals surface area contributed by atoms with Gasteiger partial charge in [-0.15, -0.1) is 0 Å². The Labute approximate surface area is 137 Å². The Morgan fingerprint density at radius 2 is 1.35 bits per heavy atom. The van der Waals surface area contributed by atoms with E-state index in [9.17, 15) is 0 Å². The summed E-state index contributed by atoms with van der Waals surface area (Å²) in [5.41, 5.74) is 10.1. The summed E-state index contributed by atoms with van der Waals surface area (Å²) in [7, 11) is 0. The van der Waals surface area contributed by atoms with Crippen LogP contribution in [0, 0.1) is 0 Å². The SMILES string of the molecule is CC(C)(C)c1ccc(C(N)c2cc(Br)cc(Br)c2)cc1. The van der Waals surface area contributed by atoms with Gasteiger partial charge in [-0.05, 0) is 40.3 Å². The van der Waals surface area contributed by atoms with Crippen LogP contribution < -0.4 is 5.73 Å². The second kappa shape index (κ2) is 6.00. The zero-order chi connectivity index (χ0) is 14.9. The van der Waals surface area contributed by atoms with E-state index in [0.717, 1.165) is 20.1 Å². The van der Waals surface area contributed by atoms with Gasteiger partial charge in [-0.2, -0.15) is 0 Å². The number of hydrogen-bond acceptors (Lipinski definition) is 1. The number of hydrogen-bond donors (Lipinski definition) is 1. The summed E-state index contributed by atoms with van der Waals surface area (Å²) >= 11 is 7.01. The molecule has 20 heavy (non-hydrogen) atoms. The summed E-state index contributed by atoms with van der Waals surface area (Å²) in [6.07, 6.45) is 0. The van der Waals surface area contributed by atoms with E-state index in [2.05, 4.69) is 89.0 Å². The summed E-state index contributed by atoms with van der Waals surface area (Å²) in [5.74, 6) is 0. The molecule has 0 aromatic heterocycles. The van der Waals surface area contributed by atoms with Gasteiger partial charge in [-0.3, -0.25) is 0 Å². The average Bonchev–Trinajstić information content (AvgIpc) is 2.36. The highest BCUT2D eigenvalue weighted by atomic mass is 79.9. The van der Waals surface area contributed by atoms with Crippen molar-refractivity contribution in [2.75, 3.05) is 0 Å². The van der Waals surface area contributed by atoms with Gasteiger partial charge in [0.2, 0.25) is 0 Å². The van der Waals surface area contributed by atoms with Crippen molar-refractivity contribution in [2.45, 2.75) is 32.2 Å². The van der Waals surface area contributed by atoms with Gasteiger partial charge in [0, 0.05) is 8.95 Å². The second-order valence-electron chi connectivity index (χ2n) is 6.05. The van der Waals surface area contributed by atoms with Crippen LogP contribution in [0.25, 0.3) is 0 Å². The lowest BCUT2D eigenvalue weighted by atomic mass is 9.86. The maximum atomic E-state index is 6.37. The van der Waals surface area contributed by atoms with Gasteiger partial charge in [-0.1, -0.05) is 76.9 Å². The van der Waals surface area contributed by atoms with Crippen LogP contribution in [0.2, 0.25) is 0 Å². The standard InChI is InChI=1S/C17H19Br2N/c1-17(2,3)13-6-4-11(5-7-13)16(20)12-8-14(18)10-15(19)9-12/h4-10,16H,20H2,1-3H3. The number of benzene rings is 2. The van der Waals surface area contributed by atoms with Crippen LogP contribution in [-0.4, -0.2) is 0 Å². The fourth-order valence-electron chi connectivity index (χ4n) is 2.14. The topological polar surface area (TPSA) is 26.0 Å².